The largest absolute Gasteiger partial charge is 0.458 e. The summed E-state index contributed by atoms with van der Waals surface area (Å²) < 4.78 is 5.56. The van der Waals surface area contributed by atoms with Crippen LogP contribution in [0.15, 0.2) is 29.3 Å². The lowest BCUT2D eigenvalue weighted by Crippen LogP contribution is -2.59. The van der Waals surface area contributed by atoms with Crippen molar-refractivity contribution in [2.75, 3.05) is 0 Å². The van der Waals surface area contributed by atoms with Gasteiger partial charge in [0, 0.05) is 5.02 Å². The molecule has 114 valence electrons. The third kappa shape index (κ3) is 2.77. The first kappa shape index (κ1) is 15.8. The van der Waals surface area contributed by atoms with Crippen LogP contribution >= 0.6 is 11.6 Å². The van der Waals surface area contributed by atoms with Crippen molar-refractivity contribution in [2.24, 2.45) is 4.99 Å². The molecule has 0 spiro atoms. The SMILES string of the molecule is CC(C)(C)OC(=O)[C@]1(C)NC=N[C@@]1(C)c1cccc(Cl)c1. The van der Waals surface area contributed by atoms with Crippen molar-refractivity contribution in [3.05, 3.63) is 34.9 Å². The van der Waals surface area contributed by atoms with Gasteiger partial charge < -0.3 is 10.1 Å². The average Bonchev–Trinajstić information content (AvgIpc) is 2.66. The number of halogens is 1. The van der Waals surface area contributed by atoms with Crippen LogP contribution in [0.5, 0.6) is 0 Å². The van der Waals surface area contributed by atoms with Gasteiger partial charge in [-0.25, -0.2) is 4.79 Å². The second-order valence-electron chi connectivity index (χ2n) is 6.61. The third-order valence-electron chi connectivity index (χ3n) is 3.84. The molecular formula is C16H21ClN2O2. The molecule has 2 rings (SSSR count). The van der Waals surface area contributed by atoms with Gasteiger partial charge in [0.15, 0.2) is 5.54 Å². The monoisotopic (exact) mass is 308 g/mol. The lowest BCUT2D eigenvalue weighted by molar-refractivity contribution is -0.164. The Kier molecular flexibility index (Phi) is 3.79. The highest BCUT2D eigenvalue weighted by atomic mass is 35.5. The van der Waals surface area contributed by atoms with E-state index in [9.17, 15) is 4.79 Å². The molecule has 0 saturated heterocycles. The van der Waals surface area contributed by atoms with Gasteiger partial charge in [0.25, 0.3) is 0 Å². The van der Waals surface area contributed by atoms with Crippen LogP contribution in [0.4, 0.5) is 0 Å². The predicted octanol–water partition coefficient (Wildman–Crippen LogP) is 3.29. The fourth-order valence-corrected chi connectivity index (χ4v) is 2.54. The van der Waals surface area contributed by atoms with E-state index in [-0.39, 0.29) is 5.97 Å². The zero-order valence-electron chi connectivity index (χ0n) is 13.0. The van der Waals surface area contributed by atoms with Crippen LogP contribution in [0.2, 0.25) is 5.02 Å². The summed E-state index contributed by atoms with van der Waals surface area (Å²) in [5.74, 6) is -0.338. The van der Waals surface area contributed by atoms with E-state index in [0.717, 1.165) is 5.56 Å². The Labute approximate surface area is 130 Å². The van der Waals surface area contributed by atoms with Crippen LogP contribution in [0.25, 0.3) is 0 Å². The lowest BCUT2D eigenvalue weighted by Gasteiger charge is -2.39. The van der Waals surface area contributed by atoms with E-state index < -0.39 is 16.7 Å². The average molecular weight is 309 g/mol. The van der Waals surface area contributed by atoms with Crippen LogP contribution in [0.1, 0.15) is 40.2 Å². The Morgan fingerprint density at radius 3 is 2.57 bits per heavy atom. The van der Waals surface area contributed by atoms with E-state index >= 15 is 0 Å². The molecule has 0 fully saturated rings. The minimum Gasteiger partial charge on any atom is -0.458 e. The maximum absolute atomic E-state index is 12.7. The number of hydrogen-bond donors (Lipinski definition) is 1. The third-order valence-corrected chi connectivity index (χ3v) is 4.08. The summed E-state index contributed by atoms with van der Waals surface area (Å²) in [6.45, 7) is 9.25. The van der Waals surface area contributed by atoms with Gasteiger partial charge in [-0.3, -0.25) is 4.99 Å². The molecule has 1 aliphatic heterocycles. The van der Waals surface area contributed by atoms with Crippen molar-refractivity contribution in [1.82, 2.24) is 5.32 Å². The van der Waals surface area contributed by atoms with Gasteiger partial charge in [-0.15, -0.1) is 0 Å². The summed E-state index contributed by atoms with van der Waals surface area (Å²) in [6.07, 6.45) is 1.56. The van der Waals surface area contributed by atoms with Crippen molar-refractivity contribution in [3.63, 3.8) is 0 Å². The van der Waals surface area contributed by atoms with E-state index in [2.05, 4.69) is 10.3 Å². The second kappa shape index (κ2) is 5.02. The molecule has 0 aromatic heterocycles. The lowest BCUT2D eigenvalue weighted by atomic mass is 9.75. The maximum Gasteiger partial charge on any atom is 0.334 e. The molecule has 4 nitrogen and oxygen atoms in total. The number of nitrogens with one attached hydrogen (secondary N) is 1. The number of hydrogen-bond acceptors (Lipinski definition) is 4. The van der Waals surface area contributed by atoms with Gasteiger partial charge in [0.1, 0.15) is 11.1 Å². The van der Waals surface area contributed by atoms with E-state index in [1.54, 1.807) is 19.3 Å². The minimum absolute atomic E-state index is 0.338. The van der Waals surface area contributed by atoms with Crippen LogP contribution in [0, 0.1) is 0 Å². The van der Waals surface area contributed by atoms with Crippen molar-refractivity contribution in [3.8, 4) is 0 Å². The Hall–Kier alpha value is -1.55. The Balaban J connectivity index is 2.42. The quantitative estimate of drug-likeness (QED) is 0.853. The molecule has 0 bridgehead atoms. The topological polar surface area (TPSA) is 50.7 Å². The fourth-order valence-electron chi connectivity index (χ4n) is 2.35. The van der Waals surface area contributed by atoms with Crippen LogP contribution in [0.3, 0.4) is 0 Å². The summed E-state index contributed by atoms with van der Waals surface area (Å²) >= 11 is 6.08. The van der Waals surface area contributed by atoms with Crippen molar-refractivity contribution in [2.45, 2.75) is 51.3 Å². The number of carbonyl (C=O) groups excluding carboxylic acids is 1. The minimum atomic E-state index is -0.981. The Morgan fingerprint density at radius 2 is 2.00 bits per heavy atom. The molecule has 1 aromatic rings. The van der Waals surface area contributed by atoms with E-state index in [1.807, 2.05) is 45.9 Å². The number of aliphatic imine (C=N–C) groups is 1. The van der Waals surface area contributed by atoms with Crippen LogP contribution in [-0.4, -0.2) is 23.4 Å². The van der Waals surface area contributed by atoms with Gasteiger partial charge in [-0.1, -0.05) is 23.7 Å². The highest BCUT2D eigenvalue weighted by molar-refractivity contribution is 6.30. The number of carbonyl (C=O) groups is 1. The van der Waals surface area contributed by atoms with Gasteiger partial charge >= 0.3 is 5.97 Å². The highest BCUT2D eigenvalue weighted by Gasteiger charge is 2.55. The number of ether oxygens (including phenoxy) is 1. The molecule has 2 atom stereocenters. The molecule has 0 unspecified atom stereocenters. The normalized spacial score (nSPS) is 28.3. The van der Waals surface area contributed by atoms with E-state index in [4.69, 9.17) is 16.3 Å². The van der Waals surface area contributed by atoms with Crippen molar-refractivity contribution in [1.29, 1.82) is 0 Å². The maximum atomic E-state index is 12.7. The standard InChI is InChI=1S/C16H21ClN2O2/c1-14(2,3)21-13(20)16(5)15(4,18-10-19-16)11-7-6-8-12(17)9-11/h6-10H,1-5H3,(H,18,19)/t15-,16-/m0/s1. The van der Waals surface area contributed by atoms with Crippen LogP contribution < -0.4 is 5.32 Å². The van der Waals surface area contributed by atoms with E-state index in [0.29, 0.717) is 5.02 Å². The summed E-state index contributed by atoms with van der Waals surface area (Å²) in [5.41, 5.74) is -1.45. The van der Waals surface area contributed by atoms with Gasteiger partial charge in [-0.2, -0.15) is 0 Å². The molecule has 1 aromatic carbocycles. The second-order valence-corrected chi connectivity index (χ2v) is 7.05. The van der Waals surface area contributed by atoms with Crippen LogP contribution in [-0.2, 0) is 15.1 Å². The summed E-state index contributed by atoms with van der Waals surface area (Å²) in [6, 6.07) is 7.39. The molecule has 5 heteroatoms. The van der Waals surface area contributed by atoms with Crippen molar-refractivity contribution < 1.29 is 9.53 Å². The first-order valence-electron chi connectivity index (χ1n) is 6.89. The number of rotatable bonds is 2. The van der Waals surface area contributed by atoms with Gasteiger partial charge in [0.05, 0.1) is 6.34 Å². The Bertz CT molecular complexity index is 594. The zero-order valence-corrected chi connectivity index (χ0v) is 13.8. The van der Waals surface area contributed by atoms with Gasteiger partial charge in [0.2, 0.25) is 0 Å². The summed E-state index contributed by atoms with van der Waals surface area (Å²) in [5, 5.41) is 3.67. The Morgan fingerprint density at radius 1 is 1.33 bits per heavy atom. The smallest absolute Gasteiger partial charge is 0.334 e. The van der Waals surface area contributed by atoms with E-state index in [1.165, 1.54) is 0 Å². The molecule has 1 N–H and O–H groups in total. The molecular weight excluding hydrogens is 288 g/mol. The van der Waals surface area contributed by atoms with Crippen molar-refractivity contribution >= 4 is 23.9 Å². The number of benzene rings is 1. The molecule has 0 radical (unpaired) electrons. The fraction of sp³-hybridized carbons (Fsp3) is 0.500. The highest BCUT2D eigenvalue weighted by Crippen LogP contribution is 2.41. The molecule has 1 aliphatic rings. The molecule has 21 heavy (non-hydrogen) atoms. The number of nitrogens with zero attached hydrogens (tertiary/aromatic N) is 1. The predicted molar refractivity (Wildman–Crippen MR) is 84.7 cm³/mol. The molecule has 1 heterocycles. The molecule has 0 aliphatic carbocycles. The summed E-state index contributed by atoms with van der Waals surface area (Å²) in [4.78, 5) is 17.1. The first-order chi connectivity index (χ1) is 9.58. The first-order valence-corrected chi connectivity index (χ1v) is 7.27. The molecule has 0 amide bonds. The van der Waals surface area contributed by atoms with Gasteiger partial charge in [-0.05, 0) is 52.3 Å². The number of esters is 1. The zero-order chi connectivity index (χ0) is 15.9. The summed E-state index contributed by atoms with van der Waals surface area (Å²) in [7, 11) is 0. The molecule has 0 saturated carbocycles.